The van der Waals surface area contributed by atoms with Gasteiger partial charge in [-0.25, -0.2) is 0 Å². The fourth-order valence-corrected chi connectivity index (χ4v) is 2.37. The van der Waals surface area contributed by atoms with Crippen molar-refractivity contribution in [3.63, 3.8) is 0 Å². The molecule has 4 nitrogen and oxygen atoms in total. The molecule has 0 aliphatic heterocycles. The number of carbonyl (C=O) groups is 1. The van der Waals surface area contributed by atoms with Crippen molar-refractivity contribution in [3.05, 3.63) is 29.3 Å². The van der Waals surface area contributed by atoms with Gasteiger partial charge in [0.1, 0.15) is 0 Å². The summed E-state index contributed by atoms with van der Waals surface area (Å²) in [6.45, 7) is 10.9. The van der Waals surface area contributed by atoms with Crippen molar-refractivity contribution in [2.45, 2.75) is 52.7 Å². The number of methoxy groups -OCH3 is 1. The van der Waals surface area contributed by atoms with E-state index in [0.717, 1.165) is 17.7 Å². The first-order chi connectivity index (χ1) is 9.79. The van der Waals surface area contributed by atoms with Crippen molar-refractivity contribution in [3.8, 4) is 0 Å². The van der Waals surface area contributed by atoms with Crippen molar-refractivity contribution < 1.29 is 9.53 Å². The molecule has 21 heavy (non-hydrogen) atoms. The smallest absolute Gasteiger partial charge is 0.251 e. The summed E-state index contributed by atoms with van der Waals surface area (Å²) < 4.78 is 5.46. The summed E-state index contributed by atoms with van der Waals surface area (Å²) in [5, 5.41) is 6.30. The van der Waals surface area contributed by atoms with Crippen molar-refractivity contribution in [2.24, 2.45) is 0 Å². The number of amides is 1. The minimum Gasteiger partial charge on any atom is -0.382 e. The molecule has 0 aromatic heterocycles. The van der Waals surface area contributed by atoms with Gasteiger partial charge in [-0.2, -0.15) is 0 Å². The lowest BCUT2D eigenvalue weighted by Crippen LogP contribution is -2.31. The highest BCUT2D eigenvalue weighted by atomic mass is 16.5. The van der Waals surface area contributed by atoms with Crippen LogP contribution >= 0.6 is 0 Å². The van der Waals surface area contributed by atoms with Gasteiger partial charge in [0.2, 0.25) is 0 Å². The summed E-state index contributed by atoms with van der Waals surface area (Å²) in [6, 6.07) is 6.03. The average molecular weight is 292 g/mol. The zero-order chi connectivity index (χ0) is 16.0. The van der Waals surface area contributed by atoms with Crippen LogP contribution in [0.2, 0.25) is 0 Å². The van der Waals surface area contributed by atoms with Crippen molar-refractivity contribution in [2.75, 3.05) is 19.0 Å². The van der Waals surface area contributed by atoms with Crippen LogP contribution in [-0.2, 0) is 4.74 Å². The Morgan fingerprint density at radius 3 is 2.57 bits per heavy atom. The lowest BCUT2D eigenvalue weighted by Gasteiger charge is -2.28. The molecule has 0 aliphatic carbocycles. The number of benzene rings is 1. The van der Waals surface area contributed by atoms with E-state index >= 15 is 0 Å². The van der Waals surface area contributed by atoms with E-state index in [4.69, 9.17) is 4.74 Å². The van der Waals surface area contributed by atoms with Crippen LogP contribution in [0.1, 0.15) is 50.0 Å². The van der Waals surface area contributed by atoms with Gasteiger partial charge in [-0.1, -0.05) is 0 Å². The Labute approximate surface area is 128 Å². The molecule has 1 atom stereocenters. The number of rotatable bonds is 7. The summed E-state index contributed by atoms with van der Waals surface area (Å²) in [4.78, 5) is 11.8. The molecular formula is C17H28N2O2. The number of aryl methyl sites for hydroxylation is 1. The van der Waals surface area contributed by atoms with Crippen LogP contribution in [0, 0.1) is 6.92 Å². The van der Waals surface area contributed by atoms with Crippen LogP contribution in [0.3, 0.4) is 0 Å². The maximum atomic E-state index is 11.8. The van der Waals surface area contributed by atoms with E-state index in [0.29, 0.717) is 12.1 Å². The molecule has 0 heterocycles. The van der Waals surface area contributed by atoms with Crippen molar-refractivity contribution in [1.82, 2.24) is 5.32 Å². The highest BCUT2D eigenvalue weighted by Crippen LogP contribution is 2.21. The maximum Gasteiger partial charge on any atom is 0.251 e. The molecule has 1 aromatic carbocycles. The Morgan fingerprint density at radius 1 is 1.38 bits per heavy atom. The van der Waals surface area contributed by atoms with Gasteiger partial charge < -0.3 is 15.4 Å². The first kappa shape index (κ1) is 17.5. The Hall–Kier alpha value is -1.55. The number of carbonyl (C=O) groups excluding carboxylic acids is 1. The van der Waals surface area contributed by atoms with Crippen LogP contribution in [0.4, 0.5) is 5.69 Å². The Kier molecular flexibility index (Phi) is 6.21. The fraction of sp³-hybridized carbons (Fsp3) is 0.588. The topological polar surface area (TPSA) is 50.4 Å². The molecule has 1 rings (SSSR count). The molecule has 0 bridgehead atoms. The molecule has 0 radical (unpaired) electrons. The van der Waals surface area contributed by atoms with Crippen LogP contribution in [0.15, 0.2) is 18.2 Å². The molecule has 0 saturated heterocycles. The first-order valence-corrected chi connectivity index (χ1v) is 7.49. The SMILES string of the molecule is CCNC(=O)c1ccc(NC(C)CC(C)(C)OC)c(C)c1. The van der Waals surface area contributed by atoms with Crippen molar-refractivity contribution in [1.29, 1.82) is 0 Å². The monoisotopic (exact) mass is 292 g/mol. The second-order valence-electron chi connectivity index (χ2n) is 6.10. The largest absolute Gasteiger partial charge is 0.382 e. The molecule has 0 saturated carbocycles. The third-order valence-corrected chi connectivity index (χ3v) is 3.58. The van der Waals surface area contributed by atoms with Crippen LogP contribution < -0.4 is 10.6 Å². The molecular weight excluding hydrogens is 264 g/mol. The second kappa shape index (κ2) is 7.46. The standard InChI is InChI=1S/C17H28N2O2/c1-7-18-16(20)14-8-9-15(12(2)10-14)19-13(3)11-17(4,5)21-6/h8-10,13,19H,7,11H2,1-6H3,(H,18,20). The van der Waals surface area contributed by atoms with E-state index in [1.165, 1.54) is 0 Å². The summed E-state index contributed by atoms with van der Waals surface area (Å²) in [5.41, 5.74) is 2.68. The predicted octanol–water partition coefficient (Wildman–Crippen LogP) is 3.36. The zero-order valence-corrected chi connectivity index (χ0v) is 14.0. The summed E-state index contributed by atoms with van der Waals surface area (Å²) in [6.07, 6.45) is 0.904. The molecule has 1 aromatic rings. The van der Waals surface area contributed by atoms with Crippen LogP contribution in [-0.4, -0.2) is 31.2 Å². The normalized spacial score (nSPS) is 12.9. The molecule has 0 aliphatic rings. The van der Waals surface area contributed by atoms with Gasteiger partial charge in [0, 0.05) is 30.9 Å². The summed E-state index contributed by atoms with van der Waals surface area (Å²) in [7, 11) is 1.74. The fourth-order valence-electron chi connectivity index (χ4n) is 2.37. The zero-order valence-electron chi connectivity index (χ0n) is 14.0. The van der Waals surface area contributed by atoms with E-state index < -0.39 is 0 Å². The quantitative estimate of drug-likeness (QED) is 0.810. The number of anilines is 1. The maximum absolute atomic E-state index is 11.8. The van der Waals surface area contributed by atoms with E-state index in [-0.39, 0.29) is 17.6 Å². The number of ether oxygens (including phenoxy) is 1. The Balaban J connectivity index is 2.75. The number of hydrogen-bond donors (Lipinski definition) is 2. The van der Waals surface area contributed by atoms with Crippen LogP contribution in [0.25, 0.3) is 0 Å². The van der Waals surface area contributed by atoms with Gasteiger partial charge >= 0.3 is 0 Å². The predicted molar refractivity (Wildman–Crippen MR) is 88.0 cm³/mol. The van der Waals surface area contributed by atoms with E-state index in [9.17, 15) is 4.79 Å². The van der Waals surface area contributed by atoms with Gasteiger partial charge in [0.15, 0.2) is 0 Å². The highest BCUT2D eigenvalue weighted by Gasteiger charge is 2.20. The molecule has 0 spiro atoms. The Bertz CT molecular complexity index is 484. The van der Waals surface area contributed by atoms with Gasteiger partial charge in [-0.15, -0.1) is 0 Å². The molecule has 1 amide bonds. The minimum atomic E-state index is -0.152. The van der Waals surface area contributed by atoms with Crippen LogP contribution in [0.5, 0.6) is 0 Å². The van der Waals surface area contributed by atoms with Crippen molar-refractivity contribution >= 4 is 11.6 Å². The number of hydrogen-bond acceptors (Lipinski definition) is 3. The van der Waals surface area contributed by atoms with Gasteiger partial charge in [-0.05, 0) is 64.8 Å². The lowest BCUT2D eigenvalue weighted by molar-refractivity contribution is 0.0128. The molecule has 2 N–H and O–H groups in total. The third kappa shape index (κ3) is 5.38. The van der Waals surface area contributed by atoms with E-state index in [2.05, 4.69) is 31.4 Å². The molecule has 1 unspecified atom stereocenters. The highest BCUT2D eigenvalue weighted by molar-refractivity contribution is 5.94. The van der Waals surface area contributed by atoms with Gasteiger partial charge in [0.25, 0.3) is 5.91 Å². The van der Waals surface area contributed by atoms with E-state index in [1.807, 2.05) is 32.0 Å². The van der Waals surface area contributed by atoms with E-state index in [1.54, 1.807) is 7.11 Å². The summed E-state index contributed by atoms with van der Waals surface area (Å²) >= 11 is 0. The summed E-state index contributed by atoms with van der Waals surface area (Å²) in [5.74, 6) is -0.0271. The minimum absolute atomic E-state index is 0.0271. The molecule has 4 heteroatoms. The lowest BCUT2D eigenvalue weighted by atomic mass is 9.99. The Morgan fingerprint density at radius 2 is 2.05 bits per heavy atom. The molecule has 0 fully saturated rings. The van der Waals surface area contributed by atoms with Gasteiger partial charge in [-0.3, -0.25) is 4.79 Å². The van der Waals surface area contributed by atoms with Gasteiger partial charge in [0.05, 0.1) is 5.60 Å². The second-order valence-corrected chi connectivity index (χ2v) is 6.10. The molecule has 118 valence electrons. The number of nitrogens with one attached hydrogen (secondary N) is 2. The third-order valence-electron chi connectivity index (χ3n) is 3.58. The average Bonchev–Trinajstić information content (AvgIpc) is 2.40. The first-order valence-electron chi connectivity index (χ1n) is 7.49.